The largest absolute Gasteiger partial charge is 0.453 e. The SMILES string of the molecule is CCc1ccc(NC(=O)C(C)OC(=O)CCc2nc3sc4c(c3c(=O)[nH]2)CCCC4)cc1. The molecule has 2 heterocycles. The molecule has 1 atom stereocenters. The standard InChI is InChI=1S/C24H27N3O4S/c1-3-15-8-10-16(11-9-15)25-22(29)14(2)31-20(28)13-12-19-26-23(30)21-17-6-4-5-7-18(17)32-24(21)27-19/h8-11,14H,3-7,12-13H2,1-2H3,(H,25,29)(H,26,27,30). The monoisotopic (exact) mass is 453 g/mol. The minimum atomic E-state index is -0.924. The summed E-state index contributed by atoms with van der Waals surface area (Å²) in [6, 6.07) is 7.54. The van der Waals surface area contributed by atoms with Crippen LogP contribution < -0.4 is 10.9 Å². The molecule has 8 heteroatoms. The highest BCUT2D eigenvalue weighted by Crippen LogP contribution is 2.33. The minimum absolute atomic E-state index is 0.0301. The molecule has 0 saturated carbocycles. The van der Waals surface area contributed by atoms with Crippen molar-refractivity contribution in [3.63, 3.8) is 0 Å². The number of aromatic nitrogens is 2. The van der Waals surface area contributed by atoms with Gasteiger partial charge in [-0.3, -0.25) is 14.4 Å². The first-order valence-corrected chi connectivity index (χ1v) is 11.9. The van der Waals surface area contributed by atoms with Crippen molar-refractivity contribution in [1.82, 2.24) is 9.97 Å². The Morgan fingerprint density at radius 3 is 2.72 bits per heavy atom. The fourth-order valence-corrected chi connectivity index (χ4v) is 5.21. The topological polar surface area (TPSA) is 101 Å². The molecule has 0 saturated heterocycles. The average Bonchev–Trinajstić information content (AvgIpc) is 3.17. The van der Waals surface area contributed by atoms with Gasteiger partial charge < -0.3 is 15.0 Å². The van der Waals surface area contributed by atoms with Crippen molar-refractivity contribution in [2.75, 3.05) is 5.32 Å². The van der Waals surface area contributed by atoms with E-state index in [9.17, 15) is 14.4 Å². The van der Waals surface area contributed by atoms with Gasteiger partial charge in [-0.15, -0.1) is 11.3 Å². The number of hydrogen-bond acceptors (Lipinski definition) is 6. The van der Waals surface area contributed by atoms with Crippen LogP contribution >= 0.6 is 11.3 Å². The van der Waals surface area contributed by atoms with Gasteiger partial charge >= 0.3 is 5.97 Å². The van der Waals surface area contributed by atoms with Crippen LogP contribution in [0.2, 0.25) is 0 Å². The lowest BCUT2D eigenvalue weighted by Crippen LogP contribution is -2.30. The maximum absolute atomic E-state index is 12.6. The van der Waals surface area contributed by atoms with Crippen molar-refractivity contribution in [1.29, 1.82) is 0 Å². The summed E-state index contributed by atoms with van der Waals surface area (Å²) < 4.78 is 5.27. The number of aryl methyl sites for hydroxylation is 4. The fourth-order valence-electron chi connectivity index (χ4n) is 3.92. The number of anilines is 1. The molecule has 1 aliphatic carbocycles. The first kappa shape index (κ1) is 22.2. The second kappa shape index (κ2) is 9.65. The number of nitrogens with one attached hydrogen (secondary N) is 2. The highest BCUT2D eigenvalue weighted by atomic mass is 32.1. The zero-order chi connectivity index (χ0) is 22.7. The molecular formula is C24H27N3O4S. The van der Waals surface area contributed by atoms with Crippen molar-refractivity contribution < 1.29 is 14.3 Å². The summed E-state index contributed by atoms with van der Waals surface area (Å²) in [5.74, 6) is -0.437. The molecule has 2 aromatic heterocycles. The normalized spacial score (nSPS) is 14.1. The first-order chi connectivity index (χ1) is 15.4. The van der Waals surface area contributed by atoms with Gasteiger partial charge in [-0.05, 0) is 62.3 Å². The number of ether oxygens (including phenoxy) is 1. The van der Waals surface area contributed by atoms with Crippen LogP contribution in [-0.2, 0) is 40.0 Å². The second-order valence-electron chi connectivity index (χ2n) is 8.08. The van der Waals surface area contributed by atoms with Crippen LogP contribution in [0.4, 0.5) is 5.69 Å². The number of rotatable bonds is 7. The molecule has 1 aliphatic rings. The molecule has 4 rings (SSSR count). The quantitative estimate of drug-likeness (QED) is 0.528. The Hall–Kier alpha value is -3.00. The summed E-state index contributed by atoms with van der Waals surface area (Å²) in [7, 11) is 0. The number of nitrogens with zero attached hydrogens (tertiary/aromatic N) is 1. The lowest BCUT2D eigenvalue weighted by Gasteiger charge is -2.13. The van der Waals surface area contributed by atoms with E-state index in [2.05, 4.69) is 22.2 Å². The molecule has 3 aromatic rings. The van der Waals surface area contributed by atoms with Crippen LogP contribution in [0.25, 0.3) is 10.2 Å². The zero-order valence-corrected chi connectivity index (χ0v) is 19.1. The van der Waals surface area contributed by atoms with Crippen molar-refractivity contribution in [2.24, 2.45) is 0 Å². The second-order valence-corrected chi connectivity index (χ2v) is 9.16. The Kier molecular flexibility index (Phi) is 6.69. The molecule has 1 amide bonds. The molecule has 7 nitrogen and oxygen atoms in total. The first-order valence-electron chi connectivity index (χ1n) is 11.1. The van der Waals surface area contributed by atoms with Gasteiger partial charge in [0.25, 0.3) is 11.5 Å². The number of aromatic amines is 1. The molecule has 0 spiro atoms. The van der Waals surface area contributed by atoms with Gasteiger partial charge in [0.05, 0.1) is 11.8 Å². The number of H-pyrrole nitrogens is 1. The molecule has 1 aromatic carbocycles. The third kappa shape index (κ3) is 4.91. The van der Waals surface area contributed by atoms with Crippen LogP contribution in [0.15, 0.2) is 29.1 Å². The van der Waals surface area contributed by atoms with Gasteiger partial charge in [-0.2, -0.15) is 0 Å². The molecule has 1 unspecified atom stereocenters. The summed E-state index contributed by atoms with van der Waals surface area (Å²) >= 11 is 1.58. The van der Waals surface area contributed by atoms with E-state index in [0.29, 0.717) is 16.9 Å². The molecule has 0 bridgehead atoms. The van der Waals surface area contributed by atoms with E-state index in [0.717, 1.165) is 42.5 Å². The number of benzene rings is 1. The van der Waals surface area contributed by atoms with Gasteiger partial charge in [0, 0.05) is 17.0 Å². The van der Waals surface area contributed by atoms with E-state index in [1.165, 1.54) is 17.4 Å². The molecule has 0 aliphatic heterocycles. The van der Waals surface area contributed by atoms with Gasteiger partial charge in [0.1, 0.15) is 10.7 Å². The third-order valence-electron chi connectivity index (χ3n) is 5.75. The van der Waals surface area contributed by atoms with Gasteiger partial charge in [0.2, 0.25) is 0 Å². The summed E-state index contributed by atoms with van der Waals surface area (Å²) in [4.78, 5) is 46.6. The Labute approximate surface area is 190 Å². The van der Waals surface area contributed by atoms with Crippen molar-refractivity contribution in [3.05, 3.63) is 56.4 Å². The highest BCUT2D eigenvalue weighted by molar-refractivity contribution is 7.18. The van der Waals surface area contributed by atoms with E-state index in [1.807, 2.05) is 24.3 Å². The van der Waals surface area contributed by atoms with Gasteiger partial charge in [0.15, 0.2) is 6.10 Å². The summed E-state index contributed by atoms with van der Waals surface area (Å²) in [6.45, 7) is 3.60. The number of amides is 1. The molecule has 0 fully saturated rings. The zero-order valence-electron chi connectivity index (χ0n) is 18.3. The molecular weight excluding hydrogens is 426 g/mol. The van der Waals surface area contributed by atoms with Crippen molar-refractivity contribution in [3.8, 4) is 0 Å². The third-order valence-corrected chi connectivity index (χ3v) is 6.93. The Balaban J connectivity index is 1.33. The predicted octanol–water partition coefficient (Wildman–Crippen LogP) is 3.93. The minimum Gasteiger partial charge on any atom is -0.453 e. The number of esters is 1. The van der Waals surface area contributed by atoms with Crippen LogP contribution in [-0.4, -0.2) is 27.9 Å². The maximum atomic E-state index is 12.6. The van der Waals surface area contributed by atoms with Crippen molar-refractivity contribution in [2.45, 2.75) is 64.9 Å². The van der Waals surface area contributed by atoms with Crippen LogP contribution in [0.3, 0.4) is 0 Å². The molecule has 32 heavy (non-hydrogen) atoms. The van der Waals surface area contributed by atoms with E-state index in [1.54, 1.807) is 11.3 Å². The Bertz CT molecular complexity index is 1200. The van der Waals surface area contributed by atoms with E-state index in [4.69, 9.17) is 4.74 Å². The van der Waals surface area contributed by atoms with Crippen LogP contribution in [0.1, 0.15) is 54.9 Å². The lowest BCUT2D eigenvalue weighted by atomic mass is 9.97. The number of fused-ring (bicyclic) bond motifs is 3. The maximum Gasteiger partial charge on any atom is 0.307 e. The van der Waals surface area contributed by atoms with Gasteiger partial charge in [-0.1, -0.05) is 19.1 Å². The average molecular weight is 454 g/mol. The molecule has 0 radical (unpaired) electrons. The molecule has 168 valence electrons. The summed E-state index contributed by atoms with van der Waals surface area (Å²) in [6.07, 6.45) is 4.45. The fraction of sp³-hybridized carbons (Fsp3) is 0.417. The number of carbonyl (C=O) groups is 2. The number of thiophene rings is 1. The van der Waals surface area contributed by atoms with Crippen molar-refractivity contribution >= 4 is 39.1 Å². The highest BCUT2D eigenvalue weighted by Gasteiger charge is 2.21. The number of carbonyl (C=O) groups excluding carboxylic acids is 2. The van der Waals surface area contributed by atoms with Crippen LogP contribution in [0, 0.1) is 0 Å². The summed E-state index contributed by atoms with van der Waals surface area (Å²) in [5, 5.41) is 3.45. The predicted molar refractivity (Wildman–Crippen MR) is 125 cm³/mol. The van der Waals surface area contributed by atoms with E-state index in [-0.39, 0.29) is 24.3 Å². The Morgan fingerprint density at radius 2 is 1.97 bits per heavy atom. The lowest BCUT2D eigenvalue weighted by molar-refractivity contribution is -0.153. The smallest absolute Gasteiger partial charge is 0.307 e. The summed E-state index contributed by atoms with van der Waals surface area (Å²) in [5.41, 5.74) is 2.83. The van der Waals surface area contributed by atoms with E-state index >= 15 is 0 Å². The van der Waals surface area contributed by atoms with Gasteiger partial charge in [-0.25, -0.2) is 4.98 Å². The van der Waals surface area contributed by atoms with E-state index < -0.39 is 12.1 Å². The van der Waals surface area contributed by atoms with Crippen LogP contribution in [0.5, 0.6) is 0 Å². The Morgan fingerprint density at radius 1 is 1.22 bits per heavy atom. The molecule has 2 N–H and O–H groups in total. The number of hydrogen-bond donors (Lipinski definition) is 2.